The third-order valence-corrected chi connectivity index (χ3v) is 3.54. The van der Waals surface area contributed by atoms with Crippen molar-refractivity contribution in [3.05, 3.63) is 30.3 Å². The molecule has 3 N–H and O–H groups in total. The zero-order chi connectivity index (χ0) is 16.9. The Morgan fingerprint density at radius 2 is 1.88 bits per heavy atom. The molecule has 1 aromatic rings. The van der Waals surface area contributed by atoms with E-state index < -0.39 is 0 Å². The van der Waals surface area contributed by atoms with Crippen molar-refractivity contribution >= 4 is 35.6 Å². The Morgan fingerprint density at radius 3 is 2.46 bits per heavy atom. The number of benzene rings is 1. The first-order chi connectivity index (χ1) is 11.2. The number of aliphatic imine (C=N–C) groups is 1. The van der Waals surface area contributed by atoms with Gasteiger partial charge in [0.05, 0.1) is 6.54 Å². The zero-order valence-electron chi connectivity index (χ0n) is 15.3. The lowest BCUT2D eigenvalue weighted by atomic mass is 10.0. The lowest BCUT2D eigenvalue weighted by Gasteiger charge is -2.22. The van der Waals surface area contributed by atoms with Gasteiger partial charge in [0.15, 0.2) is 5.96 Å². The summed E-state index contributed by atoms with van der Waals surface area (Å²) in [5.74, 6) is 1.36. The van der Waals surface area contributed by atoms with Gasteiger partial charge in [0.1, 0.15) is 0 Å². The number of para-hydroxylation sites is 1. The highest BCUT2D eigenvalue weighted by Gasteiger charge is 2.13. The molecule has 0 saturated carbocycles. The Kier molecular flexibility index (Phi) is 13.7. The number of anilines is 1. The van der Waals surface area contributed by atoms with Gasteiger partial charge in [-0.2, -0.15) is 0 Å². The Labute approximate surface area is 164 Å². The van der Waals surface area contributed by atoms with Crippen molar-refractivity contribution in [2.75, 3.05) is 38.7 Å². The molecule has 1 aromatic carbocycles. The molecule has 0 radical (unpaired) electrons. The van der Waals surface area contributed by atoms with Crippen molar-refractivity contribution in [2.45, 2.75) is 33.2 Å². The Morgan fingerprint density at radius 1 is 1.17 bits per heavy atom. The molecular weight excluding hydrogens is 415 g/mol. The topological polar surface area (TPSA) is 57.7 Å². The maximum atomic E-state index is 5.07. The van der Waals surface area contributed by atoms with Crippen molar-refractivity contribution in [3.63, 3.8) is 0 Å². The summed E-state index contributed by atoms with van der Waals surface area (Å²) in [4.78, 5) is 4.72. The molecule has 0 bridgehead atoms. The Hall–Kier alpha value is -1.02. The quantitative estimate of drug-likeness (QED) is 0.223. The standard InChI is InChI=1S/C18H32N4O.HI/c1-5-19-18(20-12-9-13-23-4)21-14-17(15(2)3)22-16-10-7-6-8-11-16;/h6-8,10-11,15,17,22H,5,9,12-14H2,1-4H3,(H2,19,20,21);1H. The highest BCUT2D eigenvalue weighted by molar-refractivity contribution is 14.0. The van der Waals surface area contributed by atoms with Gasteiger partial charge < -0.3 is 20.7 Å². The third kappa shape index (κ3) is 9.97. The predicted molar refractivity (Wildman–Crippen MR) is 115 cm³/mol. The van der Waals surface area contributed by atoms with Crippen molar-refractivity contribution in [1.29, 1.82) is 0 Å². The number of hydrogen-bond acceptors (Lipinski definition) is 3. The summed E-state index contributed by atoms with van der Waals surface area (Å²) >= 11 is 0. The summed E-state index contributed by atoms with van der Waals surface area (Å²) in [6.07, 6.45) is 0.969. The van der Waals surface area contributed by atoms with Crippen LogP contribution in [0.5, 0.6) is 0 Å². The van der Waals surface area contributed by atoms with E-state index in [9.17, 15) is 0 Å². The normalized spacial score (nSPS) is 12.5. The number of halogens is 1. The van der Waals surface area contributed by atoms with E-state index >= 15 is 0 Å². The van der Waals surface area contributed by atoms with Crippen LogP contribution in [-0.2, 0) is 4.74 Å². The van der Waals surface area contributed by atoms with Crippen molar-refractivity contribution in [3.8, 4) is 0 Å². The van der Waals surface area contributed by atoms with Crippen LogP contribution >= 0.6 is 24.0 Å². The molecule has 0 heterocycles. The van der Waals surface area contributed by atoms with E-state index in [0.29, 0.717) is 12.0 Å². The lowest BCUT2D eigenvalue weighted by Crippen LogP contribution is -2.39. The highest BCUT2D eigenvalue weighted by Crippen LogP contribution is 2.12. The molecule has 0 saturated heterocycles. The van der Waals surface area contributed by atoms with Crippen LogP contribution in [0, 0.1) is 5.92 Å². The third-order valence-electron chi connectivity index (χ3n) is 3.54. The summed E-state index contributed by atoms with van der Waals surface area (Å²) in [7, 11) is 1.72. The fourth-order valence-corrected chi connectivity index (χ4v) is 2.13. The smallest absolute Gasteiger partial charge is 0.191 e. The van der Waals surface area contributed by atoms with E-state index in [-0.39, 0.29) is 24.0 Å². The molecule has 0 spiro atoms. The minimum Gasteiger partial charge on any atom is -0.385 e. The van der Waals surface area contributed by atoms with Crippen LogP contribution in [0.1, 0.15) is 27.2 Å². The molecule has 0 aliphatic heterocycles. The van der Waals surface area contributed by atoms with Gasteiger partial charge in [-0.1, -0.05) is 32.0 Å². The molecule has 1 atom stereocenters. The number of methoxy groups -OCH3 is 1. The fourth-order valence-electron chi connectivity index (χ4n) is 2.13. The van der Waals surface area contributed by atoms with E-state index in [1.165, 1.54) is 0 Å². The van der Waals surface area contributed by atoms with E-state index in [0.717, 1.165) is 44.3 Å². The first-order valence-corrected chi connectivity index (χ1v) is 8.50. The molecule has 0 amide bonds. The maximum absolute atomic E-state index is 5.07. The summed E-state index contributed by atoms with van der Waals surface area (Å²) in [6, 6.07) is 10.6. The largest absolute Gasteiger partial charge is 0.385 e. The number of nitrogens with zero attached hydrogens (tertiary/aromatic N) is 1. The first kappa shape index (κ1) is 23.0. The van der Waals surface area contributed by atoms with Crippen molar-refractivity contribution in [2.24, 2.45) is 10.9 Å². The van der Waals surface area contributed by atoms with Gasteiger partial charge in [0, 0.05) is 38.5 Å². The Bertz CT molecular complexity index is 440. The second-order valence-corrected chi connectivity index (χ2v) is 5.85. The number of ether oxygens (including phenoxy) is 1. The van der Waals surface area contributed by atoms with Gasteiger partial charge in [-0.25, -0.2) is 0 Å². The molecule has 1 unspecified atom stereocenters. The highest BCUT2D eigenvalue weighted by atomic mass is 127. The molecule has 0 aromatic heterocycles. The second kappa shape index (κ2) is 14.3. The van der Waals surface area contributed by atoms with E-state index in [2.05, 4.69) is 48.9 Å². The minimum atomic E-state index is 0. The molecule has 138 valence electrons. The van der Waals surface area contributed by atoms with Gasteiger partial charge in [0.2, 0.25) is 0 Å². The maximum Gasteiger partial charge on any atom is 0.191 e. The molecular formula is C18H33IN4O. The van der Waals surface area contributed by atoms with E-state index in [1.54, 1.807) is 7.11 Å². The lowest BCUT2D eigenvalue weighted by molar-refractivity contribution is 0.195. The van der Waals surface area contributed by atoms with Crippen LogP contribution in [0.15, 0.2) is 35.3 Å². The van der Waals surface area contributed by atoms with Gasteiger partial charge in [-0.05, 0) is 31.4 Å². The minimum absolute atomic E-state index is 0. The van der Waals surface area contributed by atoms with E-state index in [4.69, 9.17) is 9.73 Å². The van der Waals surface area contributed by atoms with Crippen molar-refractivity contribution < 1.29 is 4.74 Å². The van der Waals surface area contributed by atoms with Gasteiger partial charge >= 0.3 is 0 Å². The Balaban J connectivity index is 0.00000529. The summed E-state index contributed by atoms with van der Waals surface area (Å²) in [5, 5.41) is 10.2. The van der Waals surface area contributed by atoms with Crippen molar-refractivity contribution in [1.82, 2.24) is 10.6 Å². The van der Waals surface area contributed by atoms with Crippen LogP contribution in [0.25, 0.3) is 0 Å². The van der Waals surface area contributed by atoms with Gasteiger partial charge in [-0.15, -0.1) is 24.0 Å². The van der Waals surface area contributed by atoms with Crippen LogP contribution < -0.4 is 16.0 Å². The molecule has 0 aliphatic carbocycles. The molecule has 6 heteroatoms. The number of hydrogen-bond donors (Lipinski definition) is 3. The number of rotatable bonds is 10. The van der Waals surface area contributed by atoms with Crippen LogP contribution in [0.4, 0.5) is 5.69 Å². The van der Waals surface area contributed by atoms with E-state index in [1.807, 2.05) is 18.2 Å². The molecule has 0 fully saturated rings. The predicted octanol–water partition coefficient (Wildman–Crippen LogP) is 3.33. The number of nitrogens with one attached hydrogen (secondary N) is 3. The summed E-state index contributed by atoms with van der Waals surface area (Å²) in [5.41, 5.74) is 1.14. The average Bonchev–Trinajstić information content (AvgIpc) is 2.55. The second-order valence-electron chi connectivity index (χ2n) is 5.85. The van der Waals surface area contributed by atoms with Crippen LogP contribution in [-0.4, -0.2) is 45.4 Å². The van der Waals surface area contributed by atoms with Gasteiger partial charge in [-0.3, -0.25) is 4.99 Å². The molecule has 5 nitrogen and oxygen atoms in total. The summed E-state index contributed by atoms with van der Waals surface area (Å²) < 4.78 is 5.07. The molecule has 24 heavy (non-hydrogen) atoms. The van der Waals surface area contributed by atoms with Crippen LogP contribution in [0.2, 0.25) is 0 Å². The van der Waals surface area contributed by atoms with Crippen LogP contribution in [0.3, 0.4) is 0 Å². The fraction of sp³-hybridized carbons (Fsp3) is 0.611. The SMILES string of the molecule is CCNC(=NCC(Nc1ccccc1)C(C)C)NCCCOC.I. The average molecular weight is 448 g/mol. The molecule has 0 aliphatic rings. The zero-order valence-corrected chi connectivity index (χ0v) is 17.7. The first-order valence-electron chi connectivity index (χ1n) is 8.50. The number of guanidine groups is 1. The monoisotopic (exact) mass is 448 g/mol. The molecule has 1 rings (SSSR count). The van der Waals surface area contributed by atoms with Gasteiger partial charge in [0.25, 0.3) is 0 Å². The summed E-state index contributed by atoms with van der Waals surface area (Å²) in [6.45, 7) is 9.72.